The Bertz CT molecular complexity index is 815. The van der Waals surface area contributed by atoms with Gasteiger partial charge in [0.1, 0.15) is 23.1 Å². The minimum atomic E-state index is 0.0164. The largest absolute Gasteiger partial charge is 0.506 e. The Balaban J connectivity index is 2.20. The third kappa shape index (κ3) is 2.53. The fourth-order valence-corrected chi connectivity index (χ4v) is 2.18. The number of benzene rings is 1. The van der Waals surface area contributed by atoms with Crippen molar-refractivity contribution in [2.75, 3.05) is 5.73 Å². The average molecular weight is 302 g/mol. The molecule has 2 heterocycles. The predicted molar refractivity (Wildman–Crippen MR) is 80.9 cm³/mol. The summed E-state index contributed by atoms with van der Waals surface area (Å²) in [5, 5.41) is 9.77. The molecule has 0 radical (unpaired) electrons. The van der Waals surface area contributed by atoms with Crippen LogP contribution in [0.4, 0.5) is 5.82 Å². The summed E-state index contributed by atoms with van der Waals surface area (Å²) in [6.07, 6.45) is 3.15. The van der Waals surface area contributed by atoms with Crippen LogP contribution < -0.4 is 5.73 Å². The summed E-state index contributed by atoms with van der Waals surface area (Å²) < 4.78 is 0. The van der Waals surface area contributed by atoms with E-state index in [1.165, 1.54) is 12.3 Å². The summed E-state index contributed by atoms with van der Waals surface area (Å²) in [4.78, 5) is 15.9. The summed E-state index contributed by atoms with van der Waals surface area (Å²) in [6, 6.07) is 4.86. The second-order valence-electron chi connectivity index (χ2n) is 4.54. The molecule has 0 aliphatic carbocycles. The van der Waals surface area contributed by atoms with E-state index in [1.54, 1.807) is 18.3 Å². The van der Waals surface area contributed by atoms with E-state index < -0.39 is 0 Å². The first-order valence-corrected chi connectivity index (χ1v) is 6.56. The van der Waals surface area contributed by atoms with E-state index in [-0.39, 0.29) is 10.8 Å². The molecule has 4 N–H and O–H groups in total. The molecule has 3 rings (SSSR count). The molecule has 0 saturated heterocycles. The molecule has 2 aromatic heterocycles. The number of hydrogen-bond donors (Lipinski definition) is 3. The first kappa shape index (κ1) is 13.4. The Morgan fingerprint density at radius 2 is 2.00 bits per heavy atom. The van der Waals surface area contributed by atoms with Gasteiger partial charge in [-0.05, 0) is 25.1 Å². The smallest absolute Gasteiger partial charge is 0.142 e. The molecule has 6 nitrogen and oxygen atoms in total. The molecule has 0 atom stereocenters. The maximum atomic E-state index is 9.52. The Morgan fingerprint density at radius 1 is 1.19 bits per heavy atom. The van der Waals surface area contributed by atoms with Gasteiger partial charge in [0.2, 0.25) is 0 Å². The molecule has 106 valence electrons. The highest BCUT2D eigenvalue weighted by molar-refractivity contribution is 6.32. The lowest BCUT2D eigenvalue weighted by Crippen LogP contribution is -1.98. The quantitative estimate of drug-likeness (QED) is 0.675. The van der Waals surface area contributed by atoms with Crippen molar-refractivity contribution < 1.29 is 5.11 Å². The maximum Gasteiger partial charge on any atom is 0.142 e. The number of hydrogen-bond acceptors (Lipinski definition) is 5. The van der Waals surface area contributed by atoms with Crippen molar-refractivity contribution in [1.29, 1.82) is 0 Å². The minimum absolute atomic E-state index is 0.0164. The van der Waals surface area contributed by atoms with E-state index >= 15 is 0 Å². The van der Waals surface area contributed by atoms with Gasteiger partial charge in [-0.15, -0.1) is 0 Å². The topological polar surface area (TPSA) is 101 Å². The lowest BCUT2D eigenvalue weighted by molar-refractivity contribution is 0.475. The third-order valence-electron chi connectivity index (χ3n) is 2.97. The van der Waals surface area contributed by atoms with E-state index in [9.17, 15) is 5.11 Å². The first-order valence-electron chi connectivity index (χ1n) is 6.18. The van der Waals surface area contributed by atoms with Gasteiger partial charge in [-0.1, -0.05) is 11.6 Å². The van der Waals surface area contributed by atoms with E-state index in [2.05, 4.69) is 19.9 Å². The number of aromatic amines is 1. The number of nitrogens with two attached hydrogens (primary N) is 1. The summed E-state index contributed by atoms with van der Waals surface area (Å²) >= 11 is 5.95. The molecule has 0 bridgehead atoms. The van der Waals surface area contributed by atoms with E-state index in [0.717, 1.165) is 11.4 Å². The molecule has 21 heavy (non-hydrogen) atoms. The highest BCUT2D eigenvalue weighted by Gasteiger charge is 2.14. The number of nitrogens with zero attached hydrogens (tertiary/aromatic N) is 3. The summed E-state index contributed by atoms with van der Waals surface area (Å²) in [5.41, 5.74) is 8.36. The zero-order valence-corrected chi connectivity index (χ0v) is 11.9. The molecule has 0 aliphatic rings. The number of halogens is 1. The van der Waals surface area contributed by atoms with Crippen LogP contribution >= 0.6 is 11.6 Å². The molecule has 7 heteroatoms. The summed E-state index contributed by atoms with van der Waals surface area (Å²) in [5.74, 6) is 1.09. The molecule has 0 aliphatic heterocycles. The Morgan fingerprint density at radius 3 is 2.67 bits per heavy atom. The zero-order valence-electron chi connectivity index (χ0n) is 11.1. The molecule has 0 unspecified atom stereocenters. The molecule has 3 aromatic rings. The highest BCUT2D eigenvalue weighted by atomic mass is 35.5. The number of imidazole rings is 1. The molecule has 0 amide bonds. The van der Waals surface area contributed by atoms with Crippen molar-refractivity contribution in [3.05, 3.63) is 41.4 Å². The van der Waals surface area contributed by atoms with Gasteiger partial charge in [0, 0.05) is 5.56 Å². The van der Waals surface area contributed by atoms with Crippen LogP contribution in [0.5, 0.6) is 5.75 Å². The summed E-state index contributed by atoms with van der Waals surface area (Å²) in [7, 11) is 0. The SMILES string of the molecule is Cc1ncc(-c2nc(N)cnc2-c2ccc(O)c(Cl)c2)[nH]1. The van der Waals surface area contributed by atoms with E-state index in [4.69, 9.17) is 17.3 Å². The fourth-order valence-electron chi connectivity index (χ4n) is 2.00. The number of aryl methyl sites for hydroxylation is 1. The number of rotatable bonds is 2. The van der Waals surface area contributed by atoms with Gasteiger partial charge in [-0.3, -0.25) is 4.98 Å². The lowest BCUT2D eigenvalue weighted by Gasteiger charge is -2.08. The number of phenols is 1. The van der Waals surface area contributed by atoms with Crippen molar-refractivity contribution in [2.45, 2.75) is 6.92 Å². The molecule has 0 spiro atoms. The van der Waals surface area contributed by atoms with Crippen LogP contribution in [0.15, 0.2) is 30.6 Å². The van der Waals surface area contributed by atoms with Crippen LogP contribution in [0, 0.1) is 6.92 Å². The van der Waals surface area contributed by atoms with Crippen LogP contribution in [0.2, 0.25) is 5.02 Å². The van der Waals surface area contributed by atoms with Crippen molar-refractivity contribution in [2.24, 2.45) is 0 Å². The number of aromatic nitrogens is 4. The van der Waals surface area contributed by atoms with Crippen LogP contribution in [0.1, 0.15) is 5.82 Å². The van der Waals surface area contributed by atoms with Crippen molar-refractivity contribution in [3.63, 3.8) is 0 Å². The van der Waals surface area contributed by atoms with Gasteiger partial charge in [-0.2, -0.15) is 0 Å². The Hall–Kier alpha value is -2.60. The standard InChI is InChI=1S/C14H12ClN5O/c1-7-17-5-10(19-7)14-13(18-6-12(16)20-14)8-2-3-11(21)9(15)4-8/h2-6,21H,1H3,(H2,16,20)(H,17,19). The zero-order chi connectivity index (χ0) is 15.0. The lowest BCUT2D eigenvalue weighted by atomic mass is 10.1. The van der Waals surface area contributed by atoms with E-state index in [0.29, 0.717) is 22.9 Å². The average Bonchev–Trinajstić information content (AvgIpc) is 2.88. The van der Waals surface area contributed by atoms with Crippen molar-refractivity contribution >= 4 is 17.4 Å². The molecule has 0 fully saturated rings. The van der Waals surface area contributed by atoms with Crippen LogP contribution in [-0.4, -0.2) is 25.0 Å². The molecule has 1 aromatic carbocycles. The van der Waals surface area contributed by atoms with Gasteiger partial charge in [0.05, 0.1) is 28.8 Å². The Labute approximate surface area is 125 Å². The summed E-state index contributed by atoms with van der Waals surface area (Å²) in [6.45, 7) is 1.85. The number of H-pyrrole nitrogens is 1. The second-order valence-corrected chi connectivity index (χ2v) is 4.95. The third-order valence-corrected chi connectivity index (χ3v) is 3.27. The first-order chi connectivity index (χ1) is 10.0. The number of nitrogen functional groups attached to an aromatic ring is 1. The van der Waals surface area contributed by atoms with Gasteiger partial charge >= 0.3 is 0 Å². The van der Waals surface area contributed by atoms with Crippen molar-refractivity contribution in [1.82, 2.24) is 19.9 Å². The Kier molecular flexibility index (Phi) is 3.23. The number of nitrogens with one attached hydrogen (secondary N) is 1. The maximum absolute atomic E-state index is 9.52. The van der Waals surface area contributed by atoms with Crippen molar-refractivity contribution in [3.8, 4) is 28.4 Å². The molecular weight excluding hydrogens is 290 g/mol. The number of anilines is 1. The minimum Gasteiger partial charge on any atom is -0.506 e. The predicted octanol–water partition coefficient (Wildman–Crippen LogP) is 2.78. The van der Waals surface area contributed by atoms with Crippen LogP contribution in [-0.2, 0) is 0 Å². The highest BCUT2D eigenvalue weighted by Crippen LogP contribution is 2.33. The fraction of sp³-hybridized carbons (Fsp3) is 0.0714. The van der Waals surface area contributed by atoms with Gasteiger partial charge < -0.3 is 15.8 Å². The van der Waals surface area contributed by atoms with E-state index in [1.807, 2.05) is 6.92 Å². The van der Waals surface area contributed by atoms with Gasteiger partial charge in [0.25, 0.3) is 0 Å². The van der Waals surface area contributed by atoms with Crippen LogP contribution in [0.25, 0.3) is 22.6 Å². The molecule has 0 saturated carbocycles. The monoisotopic (exact) mass is 301 g/mol. The second kappa shape index (κ2) is 5.06. The number of phenolic OH excluding ortho intramolecular Hbond substituents is 1. The number of aromatic hydroxyl groups is 1. The van der Waals surface area contributed by atoms with Crippen LogP contribution in [0.3, 0.4) is 0 Å². The van der Waals surface area contributed by atoms with Gasteiger partial charge in [-0.25, -0.2) is 9.97 Å². The normalized spacial score (nSPS) is 10.8. The van der Waals surface area contributed by atoms with Gasteiger partial charge in [0.15, 0.2) is 0 Å². The molecular formula is C14H12ClN5O.